The molecule has 0 spiro atoms. The minimum absolute atomic E-state index is 0.319. The van der Waals surface area contributed by atoms with Gasteiger partial charge < -0.3 is 10.2 Å². The second-order valence-electron chi connectivity index (χ2n) is 4.58. The van der Waals surface area contributed by atoms with Crippen LogP contribution in [-0.2, 0) is 0 Å². The standard InChI is InChI=1S/C13H21N3S/c1-10-9-16(6-7-17-10)12-4-5-13(15-8-12)11(2)14-3/h4-5,8,10-11,14H,6-7,9H2,1-3H3. The molecule has 2 atom stereocenters. The normalized spacial score (nSPS) is 22.5. The molecular weight excluding hydrogens is 230 g/mol. The summed E-state index contributed by atoms with van der Waals surface area (Å²) in [5.41, 5.74) is 2.36. The van der Waals surface area contributed by atoms with E-state index in [1.807, 2.05) is 13.2 Å². The number of nitrogens with zero attached hydrogens (tertiary/aromatic N) is 2. The zero-order chi connectivity index (χ0) is 12.3. The van der Waals surface area contributed by atoms with E-state index in [4.69, 9.17) is 0 Å². The van der Waals surface area contributed by atoms with Gasteiger partial charge in [0.15, 0.2) is 0 Å². The number of rotatable bonds is 3. The number of aromatic nitrogens is 1. The summed E-state index contributed by atoms with van der Waals surface area (Å²) in [5.74, 6) is 1.22. The molecule has 1 fully saturated rings. The molecule has 1 N–H and O–H groups in total. The average Bonchev–Trinajstić information content (AvgIpc) is 2.38. The van der Waals surface area contributed by atoms with Crippen LogP contribution in [0.3, 0.4) is 0 Å². The van der Waals surface area contributed by atoms with E-state index in [1.165, 1.54) is 11.4 Å². The molecule has 3 nitrogen and oxygen atoms in total. The van der Waals surface area contributed by atoms with Gasteiger partial charge in [0.25, 0.3) is 0 Å². The number of pyridine rings is 1. The lowest BCUT2D eigenvalue weighted by Crippen LogP contribution is -2.36. The third-order valence-corrected chi connectivity index (χ3v) is 4.39. The molecular formula is C13H21N3S. The maximum absolute atomic E-state index is 4.54. The number of hydrogen-bond donors (Lipinski definition) is 1. The minimum atomic E-state index is 0.319. The maximum Gasteiger partial charge on any atom is 0.0571 e. The summed E-state index contributed by atoms with van der Waals surface area (Å²) in [5, 5.41) is 3.93. The van der Waals surface area contributed by atoms with Crippen LogP contribution in [-0.4, -0.2) is 36.1 Å². The quantitative estimate of drug-likeness (QED) is 0.892. The molecule has 94 valence electrons. The fraction of sp³-hybridized carbons (Fsp3) is 0.615. The van der Waals surface area contributed by atoms with Crippen LogP contribution < -0.4 is 10.2 Å². The molecule has 1 aliphatic rings. The van der Waals surface area contributed by atoms with Crippen LogP contribution in [0.5, 0.6) is 0 Å². The van der Waals surface area contributed by atoms with E-state index in [-0.39, 0.29) is 0 Å². The van der Waals surface area contributed by atoms with Gasteiger partial charge in [0.2, 0.25) is 0 Å². The van der Waals surface area contributed by atoms with Crippen LogP contribution in [0, 0.1) is 0 Å². The van der Waals surface area contributed by atoms with Crippen molar-refractivity contribution in [3.05, 3.63) is 24.0 Å². The van der Waals surface area contributed by atoms with E-state index in [9.17, 15) is 0 Å². The van der Waals surface area contributed by atoms with Crippen molar-refractivity contribution in [2.24, 2.45) is 0 Å². The molecule has 1 aromatic rings. The highest BCUT2D eigenvalue weighted by molar-refractivity contribution is 8.00. The summed E-state index contributed by atoms with van der Waals surface area (Å²) < 4.78 is 0. The fourth-order valence-corrected chi connectivity index (χ4v) is 3.06. The third kappa shape index (κ3) is 3.13. The molecule has 0 bridgehead atoms. The highest BCUT2D eigenvalue weighted by Gasteiger charge is 2.17. The topological polar surface area (TPSA) is 28.2 Å². The van der Waals surface area contributed by atoms with Crippen molar-refractivity contribution in [3.63, 3.8) is 0 Å². The Kier molecular flexibility index (Phi) is 4.29. The van der Waals surface area contributed by atoms with Crippen molar-refractivity contribution in [2.75, 3.05) is 30.8 Å². The summed E-state index contributed by atoms with van der Waals surface area (Å²) in [4.78, 5) is 6.97. The van der Waals surface area contributed by atoms with Crippen molar-refractivity contribution in [2.45, 2.75) is 25.1 Å². The monoisotopic (exact) mass is 251 g/mol. The Bertz CT molecular complexity index is 352. The van der Waals surface area contributed by atoms with Crippen LogP contribution in [0.25, 0.3) is 0 Å². The molecule has 4 heteroatoms. The lowest BCUT2D eigenvalue weighted by atomic mass is 10.2. The highest BCUT2D eigenvalue weighted by Crippen LogP contribution is 2.23. The summed E-state index contributed by atoms with van der Waals surface area (Å²) in [6, 6.07) is 4.64. The molecule has 0 radical (unpaired) electrons. The Hall–Kier alpha value is -0.740. The summed E-state index contributed by atoms with van der Waals surface area (Å²) in [7, 11) is 1.96. The molecule has 1 saturated heterocycles. The van der Waals surface area contributed by atoms with Gasteiger partial charge in [-0.25, -0.2) is 0 Å². The largest absolute Gasteiger partial charge is 0.368 e. The Morgan fingerprint density at radius 2 is 2.35 bits per heavy atom. The van der Waals surface area contributed by atoms with Gasteiger partial charge in [-0.15, -0.1) is 0 Å². The molecule has 1 aliphatic heterocycles. The molecule has 0 amide bonds. The molecule has 0 saturated carbocycles. The van der Waals surface area contributed by atoms with Gasteiger partial charge in [-0.1, -0.05) is 6.92 Å². The first-order valence-electron chi connectivity index (χ1n) is 6.20. The predicted molar refractivity (Wildman–Crippen MR) is 75.8 cm³/mol. The lowest BCUT2D eigenvalue weighted by molar-refractivity contribution is 0.632. The molecule has 2 rings (SSSR count). The van der Waals surface area contributed by atoms with Crippen LogP contribution in [0.2, 0.25) is 0 Å². The SMILES string of the molecule is CNC(C)c1ccc(N2CCSC(C)C2)cn1. The second-order valence-corrected chi connectivity index (χ2v) is 6.13. The van der Waals surface area contributed by atoms with Gasteiger partial charge in [0.05, 0.1) is 17.6 Å². The zero-order valence-electron chi connectivity index (χ0n) is 10.8. The van der Waals surface area contributed by atoms with Gasteiger partial charge in [-0.2, -0.15) is 11.8 Å². The number of anilines is 1. The second kappa shape index (κ2) is 5.74. The first-order valence-corrected chi connectivity index (χ1v) is 7.25. The van der Waals surface area contributed by atoms with E-state index in [0.717, 1.165) is 24.0 Å². The molecule has 2 unspecified atom stereocenters. The molecule has 2 heterocycles. The number of thioether (sulfide) groups is 1. The van der Waals surface area contributed by atoms with Crippen LogP contribution in [0.15, 0.2) is 18.3 Å². The van der Waals surface area contributed by atoms with Crippen molar-refractivity contribution in [1.82, 2.24) is 10.3 Å². The van der Waals surface area contributed by atoms with Crippen LogP contribution in [0.4, 0.5) is 5.69 Å². The third-order valence-electron chi connectivity index (χ3n) is 3.25. The van der Waals surface area contributed by atoms with Crippen molar-refractivity contribution < 1.29 is 0 Å². The smallest absolute Gasteiger partial charge is 0.0571 e. The molecule has 1 aromatic heterocycles. The van der Waals surface area contributed by atoms with Crippen molar-refractivity contribution in [1.29, 1.82) is 0 Å². The first kappa shape index (κ1) is 12.7. The zero-order valence-corrected chi connectivity index (χ0v) is 11.6. The van der Waals surface area contributed by atoms with Crippen molar-refractivity contribution in [3.8, 4) is 0 Å². The maximum atomic E-state index is 4.54. The summed E-state index contributed by atoms with van der Waals surface area (Å²) in [6.07, 6.45) is 2.01. The van der Waals surface area contributed by atoms with Gasteiger partial charge in [-0.3, -0.25) is 4.98 Å². The van der Waals surface area contributed by atoms with Gasteiger partial charge in [0.1, 0.15) is 0 Å². The van der Waals surface area contributed by atoms with Crippen LogP contribution >= 0.6 is 11.8 Å². The van der Waals surface area contributed by atoms with E-state index in [2.05, 4.69) is 52.9 Å². The predicted octanol–water partition coefficient (Wildman–Crippen LogP) is 2.30. The minimum Gasteiger partial charge on any atom is -0.368 e. The van der Waals surface area contributed by atoms with Gasteiger partial charge >= 0.3 is 0 Å². The Morgan fingerprint density at radius 1 is 1.53 bits per heavy atom. The average molecular weight is 251 g/mol. The lowest BCUT2D eigenvalue weighted by Gasteiger charge is -2.32. The highest BCUT2D eigenvalue weighted by atomic mass is 32.2. The first-order chi connectivity index (χ1) is 8.20. The number of hydrogen-bond acceptors (Lipinski definition) is 4. The van der Waals surface area contributed by atoms with E-state index >= 15 is 0 Å². The van der Waals surface area contributed by atoms with Gasteiger partial charge in [-0.05, 0) is 26.1 Å². The Balaban J connectivity index is 2.06. The van der Waals surface area contributed by atoms with E-state index in [0.29, 0.717) is 6.04 Å². The Labute approximate surface area is 108 Å². The van der Waals surface area contributed by atoms with Gasteiger partial charge in [0, 0.05) is 30.1 Å². The fourth-order valence-electron chi connectivity index (χ4n) is 2.04. The van der Waals surface area contributed by atoms with E-state index in [1.54, 1.807) is 0 Å². The van der Waals surface area contributed by atoms with Crippen molar-refractivity contribution >= 4 is 17.4 Å². The molecule has 17 heavy (non-hydrogen) atoms. The summed E-state index contributed by atoms with van der Waals surface area (Å²) >= 11 is 2.06. The Morgan fingerprint density at radius 3 is 2.94 bits per heavy atom. The van der Waals surface area contributed by atoms with E-state index < -0.39 is 0 Å². The van der Waals surface area contributed by atoms with Crippen LogP contribution in [0.1, 0.15) is 25.6 Å². The summed E-state index contributed by atoms with van der Waals surface area (Å²) in [6.45, 7) is 6.69. The molecule has 0 aliphatic carbocycles. The molecule has 0 aromatic carbocycles. The number of nitrogens with one attached hydrogen (secondary N) is 1.